The smallest absolute Gasteiger partial charge is 0.166 e. The molecule has 2 heterocycles. The second kappa shape index (κ2) is 3.21. The van der Waals surface area contributed by atoms with E-state index in [-0.39, 0.29) is 5.78 Å². The Morgan fingerprint density at radius 2 is 2.55 bits per heavy atom. The fraction of sp³-hybridized carbons (Fsp3) is 0.571. The Labute approximate surface area is 74.2 Å². The van der Waals surface area contributed by atoms with Crippen LogP contribution in [0, 0.1) is 0 Å². The number of rotatable bonds is 1. The van der Waals surface area contributed by atoms with Crippen LogP contribution in [0.1, 0.15) is 0 Å². The Morgan fingerprint density at radius 1 is 1.64 bits per heavy atom. The standard InChI is InChI=1S/C7H9NOS2/c9-5-3-6(11-4-5)7-8-1-2-10-7/h3,7-8H,1-2,4H2. The summed E-state index contributed by atoms with van der Waals surface area (Å²) in [5.41, 5.74) is 0. The lowest BCUT2D eigenvalue weighted by atomic mass is 10.4. The van der Waals surface area contributed by atoms with Gasteiger partial charge in [0.05, 0.1) is 11.1 Å². The van der Waals surface area contributed by atoms with Crippen molar-refractivity contribution in [3.8, 4) is 0 Å². The highest BCUT2D eigenvalue weighted by Crippen LogP contribution is 2.32. The van der Waals surface area contributed by atoms with E-state index < -0.39 is 0 Å². The molecule has 11 heavy (non-hydrogen) atoms. The molecule has 4 heteroatoms. The number of hydrogen-bond acceptors (Lipinski definition) is 4. The van der Waals surface area contributed by atoms with Crippen molar-refractivity contribution in [3.63, 3.8) is 0 Å². The lowest BCUT2D eigenvalue weighted by molar-refractivity contribution is -0.112. The predicted molar refractivity (Wildman–Crippen MR) is 49.8 cm³/mol. The van der Waals surface area contributed by atoms with Crippen molar-refractivity contribution in [2.24, 2.45) is 0 Å². The summed E-state index contributed by atoms with van der Waals surface area (Å²) in [6.07, 6.45) is 1.78. The maximum Gasteiger partial charge on any atom is 0.166 e. The topological polar surface area (TPSA) is 29.1 Å². The zero-order valence-electron chi connectivity index (χ0n) is 6.00. The molecule has 2 aliphatic heterocycles. The summed E-state index contributed by atoms with van der Waals surface area (Å²) in [6, 6.07) is 0. The summed E-state index contributed by atoms with van der Waals surface area (Å²) in [7, 11) is 0. The largest absolute Gasteiger partial charge is 0.300 e. The zero-order valence-corrected chi connectivity index (χ0v) is 7.63. The monoisotopic (exact) mass is 187 g/mol. The minimum atomic E-state index is 0.263. The van der Waals surface area contributed by atoms with Gasteiger partial charge < -0.3 is 5.32 Å². The summed E-state index contributed by atoms with van der Waals surface area (Å²) in [4.78, 5) is 12.1. The van der Waals surface area contributed by atoms with Crippen LogP contribution in [0.4, 0.5) is 0 Å². The van der Waals surface area contributed by atoms with Gasteiger partial charge in [0, 0.05) is 17.2 Å². The Morgan fingerprint density at radius 3 is 3.09 bits per heavy atom. The molecule has 2 nitrogen and oxygen atoms in total. The van der Waals surface area contributed by atoms with Crippen LogP contribution >= 0.6 is 23.5 Å². The minimum absolute atomic E-state index is 0.263. The first-order valence-corrected chi connectivity index (χ1v) is 5.62. The highest BCUT2D eigenvalue weighted by atomic mass is 32.2. The van der Waals surface area contributed by atoms with Crippen molar-refractivity contribution in [2.75, 3.05) is 18.1 Å². The first-order chi connectivity index (χ1) is 5.36. The van der Waals surface area contributed by atoms with Crippen LogP contribution in [0.25, 0.3) is 0 Å². The molecular weight excluding hydrogens is 178 g/mol. The molecule has 0 radical (unpaired) electrons. The van der Waals surface area contributed by atoms with Crippen LogP contribution in [0.2, 0.25) is 0 Å². The van der Waals surface area contributed by atoms with Crippen molar-refractivity contribution in [2.45, 2.75) is 5.37 Å². The van der Waals surface area contributed by atoms with Gasteiger partial charge in [-0.1, -0.05) is 0 Å². The molecule has 0 aromatic carbocycles. The van der Waals surface area contributed by atoms with E-state index >= 15 is 0 Å². The van der Waals surface area contributed by atoms with E-state index in [2.05, 4.69) is 5.32 Å². The SMILES string of the molecule is O=C1C=C(C2NCCS2)SC1. The summed E-state index contributed by atoms with van der Waals surface area (Å²) in [5.74, 6) is 2.07. The minimum Gasteiger partial charge on any atom is -0.300 e. The Bertz CT molecular complexity index is 208. The van der Waals surface area contributed by atoms with Crippen LogP contribution in [-0.2, 0) is 4.79 Å². The van der Waals surface area contributed by atoms with E-state index in [1.807, 2.05) is 11.8 Å². The maximum absolute atomic E-state index is 10.9. The van der Waals surface area contributed by atoms with Crippen LogP contribution in [0.5, 0.6) is 0 Å². The molecule has 0 spiro atoms. The van der Waals surface area contributed by atoms with Crippen LogP contribution in [0.3, 0.4) is 0 Å². The molecule has 0 amide bonds. The molecule has 1 unspecified atom stereocenters. The van der Waals surface area contributed by atoms with Gasteiger partial charge in [-0.3, -0.25) is 4.79 Å². The van der Waals surface area contributed by atoms with E-state index in [1.165, 1.54) is 4.91 Å². The molecule has 0 bridgehead atoms. The van der Waals surface area contributed by atoms with E-state index in [1.54, 1.807) is 17.8 Å². The van der Waals surface area contributed by atoms with Crippen molar-refractivity contribution < 1.29 is 4.79 Å². The van der Waals surface area contributed by atoms with Crippen molar-refractivity contribution in [1.82, 2.24) is 5.32 Å². The Balaban J connectivity index is 2.04. The molecule has 2 aliphatic rings. The van der Waals surface area contributed by atoms with Gasteiger partial charge in [-0.15, -0.1) is 23.5 Å². The van der Waals surface area contributed by atoms with Gasteiger partial charge in [0.2, 0.25) is 0 Å². The van der Waals surface area contributed by atoms with E-state index in [4.69, 9.17) is 0 Å². The van der Waals surface area contributed by atoms with Crippen molar-refractivity contribution >= 4 is 29.3 Å². The molecular formula is C7H9NOS2. The quantitative estimate of drug-likeness (QED) is 0.659. The fourth-order valence-corrected chi connectivity index (χ4v) is 3.35. The number of nitrogens with one attached hydrogen (secondary N) is 1. The highest BCUT2D eigenvalue weighted by molar-refractivity contribution is 8.07. The summed E-state index contributed by atoms with van der Waals surface area (Å²) in [5, 5.41) is 3.75. The van der Waals surface area contributed by atoms with Crippen LogP contribution in [-0.4, -0.2) is 29.2 Å². The fourth-order valence-electron chi connectivity index (χ4n) is 1.16. The third kappa shape index (κ3) is 1.63. The lowest BCUT2D eigenvalue weighted by Gasteiger charge is -2.07. The van der Waals surface area contributed by atoms with E-state index in [9.17, 15) is 4.79 Å². The van der Waals surface area contributed by atoms with Crippen LogP contribution < -0.4 is 5.32 Å². The van der Waals surface area contributed by atoms with E-state index in [0.29, 0.717) is 11.1 Å². The first-order valence-electron chi connectivity index (χ1n) is 3.58. The summed E-state index contributed by atoms with van der Waals surface area (Å²) < 4.78 is 0. The molecule has 1 fully saturated rings. The average Bonchev–Trinajstić information content (AvgIpc) is 2.55. The molecule has 0 aromatic heterocycles. The summed E-state index contributed by atoms with van der Waals surface area (Å²) in [6.45, 7) is 1.07. The molecule has 1 saturated heterocycles. The Hall–Kier alpha value is 0.0700. The number of carbonyl (C=O) groups is 1. The normalized spacial score (nSPS) is 31.1. The van der Waals surface area contributed by atoms with Crippen molar-refractivity contribution in [3.05, 3.63) is 11.0 Å². The van der Waals surface area contributed by atoms with Gasteiger partial charge in [-0.05, 0) is 6.08 Å². The average molecular weight is 187 g/mol. The molecule has 0 aromatic rings. The zero-order chi connectivity index (χ0) is 7.68. The lowest BCUT2D eigenvalue weighted by Crippen LogP contribution is -2.19. The van der Waals surface area contributed by atoms with Gasteiger partial charge in [0.1, 0.15) is 0 Å². The molecule has 2 rings (SSSR count). The van der Waals surface area contributed by atoms with E-state index in [0.717, 1.165) is 12.3 Å². The van der Waals surface area contributed by atoms with Gasteiger partial charge in [-0.2, -0.15) is 0 Å². The molecule has 0 aliphatic carbocycles. The predicted octanol–water partition coefficient (Wildman–Crippen LogP) is 0.849. The van der Waals surface area contributed by atoms with Crippen LogP contribution in [0.15, 0.2) is 11.0 Å². The highest BCUT2D eigenvalue weighted by Gasteiger charge is 2.24. The molecule has 1 N–H and O–H groups in total. The van der Waals surface area contributed by atoms with Gasteiger partial charge in [0.15, 0.2) is 5.78 Å². The van der Waals surface area contributed by atoms with Gasteiger partial charge >= 0.3 is 0 Å². The number of thioether (sulfide) groups is 2. The number of carbonyl (C=O) groups excluding carboxylic acids is 1. The Kier molecular flexibility index (Phi) is 2.25. The third-order valence-electron chi connectivity index (χ3n) is 1.66. The first kappa shape index (κ1) is 7.71. The second-order valence-electron chi connectivity index (χ2n) is 2.51. The number of ketones is 1. The molecule has 1 atom stereocenters. The van der Waals surface area contributed by atoms with Gasteiger partial charge in [-0.25, -0.2) is 0 Å². The number of hydrogen-bond donors (Lipinski definition) is 1. The summed E-state index contributed by atoms with van der Waals surface area (Å²) >= 11 is 3.57. The second-order valence-corrected chi connectivity index (χ2v) is 4.77. The third-order valence-corrected chi connectivity index (χ3v) is 4.12. The maximum atomic E-state index is 10.9. The molecule has 0 saturated carbocycles. The molecule has 60 valence electrons. The van der Waals surface area contributed by atoms with Gasteiger partial charge in [0.25, 0.3) is 0 Å². The number of allylic oxidation sites excluding steroid dienone is 1. The van der Waals surface area contributed by atoms with Crippen molar-refractivity contribution in [1.29, 1.82) is 0 Å².